The summed E-state index contributed by atoms with van der Waals surface area (Å²) < 4.78 is 23.9. The van der Waals surface area contributed by atoms with E-state index >= 15 is 0 Å². The maximum Gasteiger partial charge on any atom is 0.151 e. The summed E-state index contributed by atoms with van der Waals surface area (Å²) in [5, 5.41) is -0.190. The molecule has 110 valence electrons. The van der Waals surface area contributed by atoms with Gasteiger partial charge in [0.15, 0.2) is 9.84 Å². The molecule has 2 atom stereocenters. The minimum Gasteiger partial charge on any atom is -0.398 e. The van der Waals surface area contributed by atoms with Gasteiger partial charge in [-0.25, -0.2) is 8.42 Å². The standard InChI is InChI=1S/C15H22N2O2S/c1-20(18,19)15-7-3-6-14(15)17-9-8-12-11(10-17)4-2-5-13(12)16/h2,4-5,14-15H,3,6-10,16H2,1H3. The highest BCUT2D eigenvalue weighted by atomic mass is 32.2. The molecule has 0 radical (unpaired) electrons. The van der Waals surface area contributed by atoms with Gasteiger partial charge in [-0.1, -0.05) is 18.6 Å². The number of rotatable bonds is 2. The molecule has 0 saturated heterocycles. The van der Waals surface area contributed by atoms with Crippen LogP contribution in [0.5, 0.6) is 0 Å². The van der Waals surface area contributed by atoms with Crippen LogP contribution in [0.4, 0.5) is 5.69 Å². The lowest BCUT2D eigenvalue weighted by molar-refractivity contribution is 0.183. The Hall–Kier alpha value is -1.07. The summed E-state index contributed by atoms with van der Waals surface area (Å²) in [4.78, 5) is 2.35. The minimum absolute atomic E-state index is 0.180. The van der Waals surface area contributed by atoms with Gasteiger partial charge in [0.1, 0.15) is 0 Å². The molecule has 20 heavy (non-hydrogen) atoms. The van der Waals surface area contributed by atoms with Crippen molar-refractivity contribution < 1.29 is 8.42 Å². The lowest BCUT2D eigenvalue weighted by Crippen LogP contribution is -2.45. The number of sulfone groups is 1. The van der Waals surface area contributed by atoms with Gasteiger partial charge in [0.05, 0.1) is 5.25 Å². The van der Waals surface area contributed by atoms with Crippen LogP contribution in [0, 0.1) is 0 Å². The molecule has 0 aromatic heterocycles. The molecular formula is C15H22N2O2S. The van der Waals surface area contributed by atoms with Gasteiger partial charge in [0, 0.05) is 31.1 Å². The van der Waals surface area contributed by atoms with Crippen LogP contribution in [0.2, 0.25) is 0 Å². The van der Waals surface area contributed by atoms with Crippen LogP contribution in [-0.2, 0) is 22.8 Å². The minimum atomic E-state index is -2.95. The van der Waals surface area contributed by atoms with Crippen molar-refractivity contribution in [2.24, 2.45) is 0 Å². The van der Waals surface area contributed by atoms with Crippen molar-refractivity contribution in [2.45, 2.75) is 43.5 Å². The molecule has 1 heterocycles. The zero-order valence-electron chi connectivity index (χ0n) is 11.9. The van der Waals surface area contributed by atoms with Gasteiger partial charge < -0.3 is 5.73 Å². The van der Waals surface area contributed by atoms with Crippen molar-refractivity contribution in [3.8, 4) is 0 Å². The van der Waals surface area contributed by atoms with Crippen molar-refractivity contribution in [2.75, 3.05) is 18.5 Å². The van der Waals surface area contributed by atoms with Crippen LogP contribution in [0.1, 0.15) is 30.4 Å². The molecular weight excluding hydrogens is 272 g/mol. The normalized spacial score (nSPS) is 27.4. The molecule has 2 aliphatic rings. The zero-order valence-corrected chi connectivity index (χ0v) is 12.7. The number of benzene rings is 1. The fourth-order valence-corrected chi connectivity index (χ4v) is 5.24. The summed E-state index contributed by atoms with van der Waals surface area (Å²) in [5.41, 5.74) is 9.40. The molecule has 1 aromatic carbocycles. The highest BCUT2D eigenvalue weighted by Crippen LogP contribution is 2.33. The van der Waals surface area contributed by atoms with Crippen LogP contribution >= 0.6 is 0 Å². The van der Waals surface area contributed by atoms with Crippen LogP contribution in [0.15, 0.2) is 18.2 Å². The maximum absolute atomic E-state index is 11.9. The second-order valence-corrected chi connectivity index (χ2v) is 8.34. The summed E-state index contributed by atoms with van der Waals surface area (Å²) in [5.74, 6) is 0. The summed E-state index contributed by atoms with van der Waals surface area (Å²) in [7, 11) is -2.95. The Balaban J connectivity index is 1.84. The van der Waals surface area contributed by atoms with E-state index in [1.54, 1.807) is 0 Å². The van der Waals surface area contributed by atoms with Crippen molar-refractivity contribution in [1.29, 1.82) is 0 Å². The Labute approximate surface area is 120 Å². The first-order chi connectivity index (χ1) is 9.47. The average molecular weight is 294 g/mol. The largest absolute Gasteiger partial charge is 0.398 e. The molecule has 2 unspecified atom stereocenters. The van der Waals surface area contributed by atoms with Crippen LogP contribution in [0.25, 0.3) is 0 Å². The van der Waals surface area contributed by atoms with Gasteiger partial charge in [0.25, 0.3) is 0 Å². The highest BCUT2D eigenvalue weighted by Gasteiger charge is 2.39. The summed E-state index contributed by atoms with van der Waals surface area (Å²) in [6.45, 7) is 1.74. The van der Waals surface area contributed by atoms with E-state index < -0.39 is 9.84 Å². The fourth-order valence-electron chi connectivity index (χ4n) is 3.77. The summed E-state index contributed by atoms with van der Waals surface area (Å²) in [6, 6.07) is 6.23. The second-order valence-electron chi connectivity index (χ2n) is 6.07. The van der Waals surface area contributed by atoms with Crippen LogP contribution < -0.4 is 5.73 Å². The molecule has 1 fully saturated rings. The maximum atomic E-state index is 11.9. The molecule has 0 spiro atoms. The fraction of sp³-hybridized carbons (Fsp3) is 0.600. The summed E-state index contributed by atoms with van der Waals surface area (Å²) in [6.07, 6.45) is 5.13. The van der Waals surface area contributed by atoms with Gasteiger partial charge in [-0.2, -0.15) is 0 Å². The molecule has 1 saturated carbocycles. The second kappa shape index (κ2) is 5.04. The van der Waals surface area contributed by atoms with Crippen molar-refractivity contribution in [1.82, 2.24) is 4.90 Å². The van der Waals surface area contributed by atoms with Crippen molar-refractivity contribution in [3.05, 3.63) is 29.3 Å². The Morgan fingerprint density at radius 2 is 2.10 bits per heavy atom. The third-order valence-corrected chi connectivity index (χ3v) is 6.42. The molecule has 4 nitrogen and oxygen atoms in total. The predicted octanol–water partition coefficient (Wildman–Crippen LogP) is 1.59. The Morgan fingerprint density at radius 3 is 2.85 bits per heavy atom. The van der Waals surface area contributed by atoms with Gasteiger partial charge in [0.2, 0.25) is 0 Å². The predicted molar refractivity (Wildman–Crippen MR) is 81.2 cm³/mol. The molecule has 0 bridgehead atoms. The monoisotopic (exact) mass is 294 g/mol. The first kappa shape index (κ1) is 13.9. The molecule has 5 heteroatoms. The molecule has 0 amide bonds. The quantitative estimate of drug-likeness (QED) is 0.841. The van der Waals surface area contributed by atoms with Gasteiger partial charge in [-0.3, -0.25) is 4.90 Å². The third kappa shape index (κ3) is 2.44. The van der Waals surface area contributed by atoms with Crippen LogP contribution in [0.3, 0.4) is 0 Å². The van der Waals surface area contributed by atoms with E-state index in [2.05, 4.69) is 11.0 Å². The van der Waals surface area contributed by atoms with Gasteiger partial charge >= 0.3 is 0 Å². The van der Waals surface area contributed by atoms with Gasteiger partial charge in [-0.15, -0.1) is 0 Å². The van der Waals surface area contributed by atoms with E-state index in [-0.39, 0.29) is 11.3 Å². The van der Waals surface area contributed by atoms with E-state index in [9.17, 15) is 8.42 Å². The number of fused-ring (bicyclic) bond motifs is 1. The number of nitrogens with two attached hydrogens (primary N) is 1. The number of anilines is 1. The van der Waals surface area contributed by atoms with Crippen LogP contribution in [-0.4, -0.2) is 37.4 Å². The molecule has 1 aliphatic carbocycles. The summed E-state index contributed by atoms with van der Waals surface area (Å²) >= 11 is 0. The highest BCUT2D eigenvalue weighted by molar-refractivity contribution is 7.91. The Kier molecular flexibility index (Phi) is 3.50. The lowest BCUT2D eigenvalue weighted by atomic mass is 9.96. The first-order valence-electron chi connectivity index (χ1n) is 7.26. The zero-order chi connectivity index (χ0) is 14.3. The van der Waals surface area contributed by atoms with Crippen molar-refractivity contribution >= 4 is 15.5 Å². The van der Waals surface area contributed by atoms with Gasteiger partial charge in [-0.05, 0) is 36.5 Å². The van der Waals surface area contributed by atoms with E-state index in [1.165, 1.54) is 17.4 Å². The molecule has 1 aliphatic heterocycles. The number of hydrogen-bond acceptors (Lipinski definition) is 4. The Bertz CT molecular complexity index is 612. The number of nitrogens with zero attached hydrogens (tertiary/aromatic N) is 1. The third-order valence-electron chi connectivity index (χ3n) is 4.77. The lowest BCUT2D eigenvalue weighted by Gasteiger charge is -2.36. The molecule has 3 rings (SSSR count). The SMILES string of the molecule is CS(=O)(=O)C1CCCC1N1CCc2c(N)cccc2C1. The van der Waals surface area contributed by atoms with E-state index in [4.69, 9.17) is 5.73 Å². The van der Waals surface area contributed by atoms with E-state index in [0.717, 1.165) is 44.5 Å². The van der Waals surface area contributed by atoms with Crippen molar-refractivity contribution in [3.63, 3.8) is 0 Å². The molecule has 1 aromatic rings. The van der Waals surface area contributed by atoms with E-state index in [0.29, 0.717) is 0 Å². The van der Waals surface area contributed by atoms with E-state index in [1.807, 2.05) is 12.1 Å². The number of nitrogen functional groups attached to an aromatic ring is 1. The number of hydrogen-bond donors (Lipinski definition) is 1. The smallest absolute Gasteiger partial charge is 0.151 e. The average Bonchev–Trinajstić information content (AvgIpc) is 2.87. The topological polar surface area (TPSA) is 63.4 Å². The Morgan fingerprint density at radius 1 is 1.30 bits per heavy atom. The molecule has 2 N–H and O–H groups in total. The first-order valence-corrected chi connectivity index (χ1v) is 9.21.